The molecule has 0 aliphatic carbocycles. The number of amides is 1. The summed E-state index contributed by atoms with van der Waals surface area (Å²) in [6.45, 7) is 2.48. The van der Waals surface area contributed by atoms with Gasteiger partial charge in [0.15, 0.2) is 5.69 Å². The van der Waals surface area contributed by atoms with Crippen LogP contribution in [0.3, 0.4) is 0 Å². The molecular formula is C18H17ClN4O. The smallest absolute Gasteiger partial charge is 0.273 e. The van der Waals surface area contributed by atoms with Gasteiger partial charge in [0.25, 0.3) is 5.91 Å². The van der Waals surface area contributed by atoms with Crippen molar-refractivity contribution in [1.29, 1.82) is 0 Å². The summed E-state index contributed by atoms with van der Waals surface area (Å²) in [6.07, 6.45) is 1.65. The van der Waals surface area contributed by atoms with Crippen molar-refractivity contribution in [2.75, 3.05) is 0 Å². The van der Waals surface area contributed by atoms with Crippen LogP contribution in [-0.2, 0) is 6.54 Å². The zero-order valence-electron chi connectivity index (χ0n) is 13.2. The molecule has 1 N–H and O–H groups in total. The van der Waals surface area contributed by atoms with E-state index in [-0.39, 0.29) is 11.9 Å². The monoisotopic (exact) mass is 340 g/mol. The van der Waals surface area contributed by atoms with Crippen LogP contribution < -0.4 is 5.32 Å². The average Bonchev–Trinajstić information content (AvgIpc) is 3.04. The molecular weight excluding hydrogens is 324 g/mol. The van der Waals surface area contributed by atoms with Crippen LogP contribution in [-0.4, -0.2) is 20.9 Å². The molecule has 1 heterocycles. The number of halogens is 1. The summed E-state index contributed by atoms with van der Waals surface area (Å²) in [5.74, 6) is -0.262. The summed E-state index contributed by atoms with van der Waals surface area (Å²) in [6, 6.07) is 17.1. The van der Waals surface area contributed by atoms with E-state index in [9.17, 15) is 4.79 Å². The lowest BCUT2D eigenvalue weighted by Gasteiger charge is -2.13. The number of nitrogens with zero attached hydrogens (tertiary/aromatic N) is 3. The number of benzene rings is 2. The Bertz CT molecular complexity index is 832. The summed E-state index contributed by atoms with van der Waals surface area (Å²) in [4.78, 5) is 12.3. The maximum atomic E-state index is 12.3. The molecule has 0 aliphatic rings. The Hall–Kier alpha value is -2.66. The Balaban J connectivity index is 1.65. The molecule has 2 aromatic carbocycles. The minimum Gasteiger partial charge on any atom is -0.344 e. The first-order valence-electron chi connectivity index (χ1n) is 7.62. The van der Waals surface area contributed by atoms with Gasteiger partial charge in [0, 0.05) is 5.02 Å². The maximum absolute atomic E-state index is 12.3. The fourth-order valence-corrected chi connectivity index (χ4v) is 2.58. The molecule has 122 valence electrons. The molecule has 3 rings (SSSR count). The zero-order chi connectivity index (χ0) is 16.9. The predicted molar refractivity (Wildman–Crippen MR) is 92.9 cm³/mol. The number of carbonyl (C=O) groups excluding carboxylic acids is 1. The van der Waals surface area contributed by atoms with E-state index in [1.807, 2.05) is 55.5 Å². The van der Waals surface area contributed by atoms with E-state index in [1.54, 1.807) is 16.9 Å². The van der Waals surface area contributed by atoms with Gasteiger partial charge in [0.2, 0.25) is 0 Å². The molecule has 6 heteroatoms. The van der Waals surface area contributed by atoms with E-state index >= 15 is 0 Å². The average molecular weight is 341 g/mol. The van der Waals surface area contributed by atoms with Gasteiger partial charge in [0.1, 0.15) is 0 Å². The Labute approximate surface area is 145 Å². The lowest BCUT2D eigenvalue weighted by Crippen LogP contribution is -2.27. The Morgan fingerprint density at radius 2 is 2.00 bits per heavy atom. The molecule has 3 aromatic rings. The zero-order valence-corrected chi connectivity index (χ0v) is 13.9. The maximum Gasteiger partial charge on any atom is 0.273 e. The van der Waals surface area contributed by atoms with E-state index < -0.39 is 0 Å². The number of hydrogen-bond donors (Lipinski definition) is 1. The third-order valence-electron chi connectivity index (χ3n) is 3.65. The van der Waals surface area contributed by atoms with Crippen LogP contribution in [0.5, 0.6) is 0 Å². The van der Waals surface area contributed by atoms with Crippen molar-refractivity contribution >= 4 is 17.5 Å². The number of hydrogen-bond acceptors (Lipinski definition) is 3. The normalized spacial score (nSPS) is 11.9. The first kappa shape index (κ1) is 16.2. The van der Waals surface area contributed by atoms with Gasteiger partial charge in [-0.3, -0.25) is 4.79 Å². The highest BCUT2D eigenvalue weighted by atomic mass is 35.5. The van der Waals surface area contributed by atoms with Crippen LogP contribution in [0.15, 0.2) is 60.8 Å². The highest BCUT2D eigenvalue weighted by Gasteiger charge is 2.15. The second-order valence-corrected chi connectivity index (χ2v) is 5.97. The van der Waals surface area contributed by atoms with Gasteiger partial charge in [-0.1, -0.05) is 59.3 Å². The van der Waals surface area contributed by atoms with Crippen molar-refractivity contribution in [1.82, 2.24) is 20.3 Å². The van der Waals surface area contributed by atoms with E-state index in [0.29, 0.717) is 17.3 Å². The van der Waals surface area contributed by atoms with Crippen molar-refractivity contribution in [3.63, 3.8) is 0 Å². The fourth-order valence-electron chi connectivity index (χ4n) is 2.38. The summed E-state index contributed by atoms with van der Waals surface area (Å²) in [5.41, 5.74) is 2.33. The molecule has 0 saturated heterocycles. The molecule has 1 unspecified atom stereocenters. The van der Waals surface area contributed by atoms with Gasteiger partial charge in [-0.25, -0.2) is 4.68 Å². The third kappa shape index (κ3) is 4.00. The van der Waals surface area contributed by atoms with Crippen LogP contribution in [0.2, 0.25) is 5.02 Å². The Kier molecular flexibility index (Phi) is 4.91. The molecule has 0 bridgehead atoms. The van der Waals surface area contributed by atoms with Crippen LogP contribution >= 0.6 is 11.6 Å². The Morgan fingerprint density at radius 3 is 2.75 bits per heavy atom. The summed E-state index contributed by atoms with van der Waals surface area (Å²) < 4.78 is 1.65. The first-order valence-corrected chi connectivity index (χ1v) is 8.00. The quantitative estimate of drug-likeness (QED) is 0.773. The van der Waals surface area contributed by atoms with Gasteiger partial charge in [0.05, 0.1) is 18.8 Å². The molecule has 1 amide bonds. The molecule has 0 aliphatic heterocycles. The molecule has 1 atom stereocenters. The van der Waals surface area contributed by atoms with Crippen molar-refractivity contribution in [2.45, 2.75) is 19.5 Å². The van der Waals surface area contributed by atoms with Crippen molar-refractivity contribution in [3.05, 3.63) is 82.6 Å². The fraction of sp³-hybridized carbons (Fsp3) is 0.167. The van der Waals surface area contributed by atoms with Gasteiger partial charge in [-0.05, 0) is 30.2 Å². The first-order chi connectivity index (χ1) is 11.6. The van der Waals surface area contributed by atoms with Crippen LogP contribution in [0.1, 0.15) is 34.6 Å². The molecule has 5 nitrogen and oxygen atoms in total. The summed E-state index contributed by atoms with van der Waals surface area (Å²) in [5, 5.41) is 11.5. The molecule has 0 spiro atoms. The van der Waals surface area contributed by atoms with Gasteiger partial charge < -0.3 is 5.32 Å². The lowest BCUT2D eigenvalue weighted by atomic mass is 10.1. The third-order valence-corrected chi connectivity index (χ3v) is 3.89. The second-order valence-electron chi connectivity index (χ2n) is 5.54. The van der Waals surface area contributed by atoms with E-state index in [0.717, 1.165) is 11.1 Å². The molecule has 0 radical (unpaired) electrons. The standard InChI is InChI=1S/C18H17ClN4O/c1-13(15-8-5-9-16(19)10-15)20-18(24)17-12-23(22-21-17)11-14-6-3-2-4-7-14/h2-10,12-13H,11H2,1H3,(H,20,24). The second kappa shape index (κ2) is 7.27. The SMILES string of the molecule is CC(NC(=O)c1cn(Cc2ccccc2)nn1)c1cccc(Cl)c1. The minimum atomic E-state index is -0.262. The van der Waals surface area contributed by atoms with Gasteiger partial charge in [-0.15, -0.1) is 5.10 Å². The van der Waals surface area contributed by atoms with Gasteiger partial charge in [-0.2, -0.15) is 0 Å². The number of carbonyl (C=O) groups is 1. The Morgan fingerprint density at radius 1 is 1.21 bits per heavy atom. The van der Waals surface area contributed by atoms with Crippen LogP contribution in [0.4, 0.5) is 0 Å². The molecule has 24 heavy (non-hydrogen) atoms. The largest absolute Gasteiger partial charge is 0.344 e. The number of nitrogens with one attached hydrogen (secondary N) is 1. The van der Waals surface area contributed by atoms with Crippen molar-refractivity contribution in [3.8, 4) is 0 Å². The molecule has 0 fully saturated rings. The number of rotatable bonds is 5. The van der Waals surface area contributed by atoms with E-state index in [1.165, 1.54) is 0 Å². The highest BCUT2D eigenvalue weighted by Crippen LogP contribution is 2.17. The summed E-state index contributed by atoms with van der Waals surface area (Å²) in [7, 11) is 0. The predicted octanol–water partition coefficient (Wildman–Crippen LogP) is 3.47. The highest BCUT2D eigenvalue weighted by molar-refractivity contribution is 6.30. The molecule has 1 aromatic heterocycles. The van der Waals surface area contributed by atoms with Gasteiger partial charge >= 0.3 is 0 Å². The molecule has 0 saturated carbocycles. The minimum absolute atomic E-state index is 0.171. The van der Waals surface area contributed by atoms with Crippen molar-refractivity contribution in [2.24, 2.45) is 0 Å². The summed E-state index contributed by atoms with van der Waals surface area (Å²) >= 11 is 5.98. The van der Waals surface area contributed by atoms with Crippen molar-refractivity contribution < 1.29 is 4.79 Å². The van der Waals surface area contributed by atoms with Crippen LogP contribution in [0, 0.1) is 0 Å². The van der Waals surface area contributed by atoms with Crippen LogP contribution in [0.25, 0.3) is 0 Å². The van der Waals surface area contributed by atoms with E-state index in [4.69, 9.17) is 11.6 Å². The number of aromatic nitrogens is 3. The van der Waals surface area contributed by atoms with E-state index in [2.05, 4.69) is 15.6 Å². The topological polar surface area (TPSA) is 59.8 Å². The lowest BCUT2D eigenvalue weighted by molar-refractivity contribution is 0.0934.